The average Bonchev–Trinajstić information content (AvgIpc) is 3.22. The molecule has 0 radical (unpaired) electrons. The van der Waals surface area contributed by atoms with E-state index in [4.69, 9.17) is 21.3 Å². The zero-order valence-corrected chi connectivity index (χ0v) is 16.2. The van der Waals surface area contributed by atoms with Crippen LogP contribution in [0.4, 0.5) is 0 Å². The van der Waals surface area contributed by atoms with Crippen LogP contribution in [-0.4, -0.2) is 60.4 Å². The van der Waals surface area contributed by atoms with Gasteiger partial charge in [0.25, 0.3) is 5.91 Å². The Labute approximate surface area is 160 Å². The first-order valence-electron chi connectivity index (χ1n) is 9.37. The van der Waals surface area contributed by atoms with Gasteiger partial charge in [-0.25, -0.2) is 0 Å². The number of amides is 1. The Bertz CT molecular complexity index is 738. The molecule has 1 spiro atoms. The second kappa shape index (κ2) is 6.95. The maximum absolute atomic E-state index is 13.2. The van der Waals surface area contributed by atoms with Gasteiger partial charge in [0, 0.05) is 37.7 Å². The molecule has 4 rings (SSSR count). The number of likely N-dealkylation sites (tertiary alicyclic amines) is 1. The second-order valence-corrected chi connectivity index (χ2v) is 8.20. The van der Waals surface area contributed by atoms with Crippen molar-refractivity contribution in [3.63, 3.8) is 0 Å². The zero-order valence-electron chi connectivity index (χ0n) is 15.4. The topological polar surface area (TPSA) is 45.1 Å². The van der Waals surface area contributed by atoms with E-state index in [0.717, 1.165) is 43.3 Å². The molecule has 3 aliphatic rings. The standard InChI is InChI=1S/C20H26ClN3O2/c1-14-22-20(19(25)24(14)8-9-26-2)7-6-16-12-23(13-18(16)20)11-15-4-3-5-17(21)10-15/h3-5,10,16,18H,6-9,11-13H2,1-2H3/t16-,18+,20-/m1/s1. The highest BCUT2D eigenvalue weighted by atomic mass is 35.5. The van der Waals surface area contributed by atoms with Crippen molar-refractivity contribution in [3.05, 3.63) is 34.9 Å². The van der Waals surface area contributed by atoms with Crippen molar-refractivity contribution in [2.75, 3.05) is 33.4 Å². The van der Waals surface area contributed by atoms with Crippen molar-refractivity contribution in [3.8, 4) is 0 Å². The number of carbonyl (C=O) groups is 1. The van der Waals surface area contributed by atoms with E-state index in [0.29, 0.717) is 25.0 Å². The molecule has 0 bridgehead atoms. The Balaban J connectivity index is 1.49. The maximum Gasteiger partial charge on any atom is 0.256 e. The molecular weight excluding hydrogens is 350 g/mol. The summed E-state index contributed by atoms with van der Waals surface area (Å²) < 4.78 is 5.16. The minimum absolute atomic E-state index is 0.184. The van der Waals surface area contributed by atoms with Crippen LogP contribution in [-0.2, 0) is 16.1 Å². The molecular formula is C20H26ClN3O2. The number of halogens is 1. The van der Waals surface area contributed by atoms with Gasteiger partial charge < -0.3 is 4.74 Å². The molecule has 140 valence electrons. The Kier molecular flexibility index (Phi) is 4.80. The fourth-order valence-corrected chi connectivity index (χ4v) is 5.25. The summed E-state index contributed by atoms with van der Waals surface area (Å²) in [6.45, 7) is 5.94. The number of benzene rings is 1. The minimum Gasteiger partial charge on any atom is -0.383 e. The fourth-order valence-electron chi connectivity index (χ4n) is 5.04. The van der Waals surface area contributed by atoms with E-state index < -0.39 is 5.54 Å². The highest BCUT2D eigenvalue weighted by Gasteiger charge is 2.60. The Morgan fingerprint density at radius 2 is 2.23 bits per heavy atom. The number of amidine groups is 1. The van der Waals surface area contributed by atoms with Gasteiger partial charge in [0.15, 0.2) is 0 Å². The summed E-state index contributed by atoms with van der Waals surface area (Å²) in [6.07, 6.45) is 1.96. The van der Waals surface area contributed by atoms with E-state index in [1.807, 2.05) is 30.0 Å². The van der Waals surface area contributed by atoms with Crippen LogP contribution in [0.2, 0.25) is 5.02 Å². The maximum atomic E-state index is 13.2. The van der Waals surface area contributed by atoms with E-state index in [1.165, 1.54) is 5.56 Å². The molecule has 0 unspecified atom stereocenters. The monoisotopic (exact) mass is 375 g/mol. The number of rotatable bonds is 5. The first-order chi connectivity index (χ1) is 12.5. The van der Waals surface area contributed by atoms with Crippen LogP contribution in [0.1, 0.15) is 25.3 Å². The van der Waals surface area contributed by atoms with Crippen molar-refractivity contribution in [1.82, 2.24) is 9.80 Å². The molecule has 1 saturated carbocycles. The molecule has 1 amide bonds. The number of ether oxygens (including phenoxy) is 1. The van der Waals surface area contributed by atoms with Crippen LogP contribution >= 0.6 is 11.6 Å². The molecule has 2 fully saturated rings. The number of fused-ring (bicyclic) bond motifs is 2. The van der Waals surface area contributed by atoms with E-state index in [9.17, 15) is 4.79 Å². The highest BCUT2D eigenvalue weighted by Crippen LogP contribution is 2.50. The summed E-state index contributed by atoms with van der Waals surface area (Å²) in [6, 6.07) is 8.05. The van der Waals surface area contributed by atoms with Crippen LogP contribution in [0.15, 0.2) is 29.3 Å². The Morgan fingerprint density at radius 1 is 1.38 bits per heavy atom. The number of hydrogen-bond acceptors (Lipinski definition) is 4. The lowest BCUT2D eigenvalue weighted by molar-refractivity contribution is -0.132. The first kappa shape index (κ1) is 18.0. The Hall–Kier alpha value is -1.43. The predicted molar refractivity (Wildman–Crippen MR) is 102 cm³/mol. The molecule has 3 atom stereocenters. The number of methoxy groups -OCH3 is 1. The molecule has 26 heavy (non-hydrogen) atoms. The largest absolute Gasteiger partial charge is 0.383 e. The van der Waals surface area contributed by atoms with Crippen LogP contribution in [0.3, 0.4) is 0 Å². The minimum atomic E-state index is -0.536. The van der Waals surface area contributed by atoms with Crippen molar-refractivity contribution < 1.29 is 9.53 Å². The lowest BCUT2D eigenvalue weighted by Gasteiger charge is -2.28. The summed E-state index contributed by atoms with van der Waals surface area (Å²) in [5.41, 5.74) is 0.691. The van der Waals surface area contributed by atoms with Gasteiger partial charge in [0.2, 0.25) is 0 Å². The van der Waals surface area contributed by atoms with E-state index in [-0.39, 0.29) is 5.91 Å². The summed E-state index contributed by atoms with van der Waals surface area (Å²) in [4.78, 5) is 22.4. The van der Waals surface area contributed by atoms with Gasteiger partial charge in [-0.1, -0.05) is 23.7 Å². The molecule has 1 aromatic carbocycles. The molecule has 1 aromatic rings. The molecule has 6 heteroatoms. The average molecular weight is 376 g/mol. The summed E-state index contributed by atoms with van der Waals surface area (Å²) in [5, 5.41) is 0.776. The van der Waals surface area contributed by atoms with Gasteiger partial charge in [0.05, 0.1) is 13.2 Å². The van der Waals surface area contributed by atoms with Gasteiger partial charge in [-0.3, -0.25) is 19.6 Å². The smallest absolute Gasteiger partial charge is 0.256 e. The van der Waals surface area contributed by atoms with Crippen molar-refractivity contribution in [1.29, 1.82) is 0 Å². The molecule has 0 aromatic heterocycles. The van der Waals surface area contributed by atoms with Crippen molar-refractivity contribution in [2.45, 2.75) is 31.8 Å². The third-order valence-corrected chi connectivity index (χ3v) is 6.44. The number of aliphatic imine (C=N–C) groups is 1. The molecule has 1 saturated heterocycles. The number of nitrogens with zero attached hydrogens (tertiary/aromatic N) is 3. The predicted octanol–water partition coefficient (Wildman–Crippen LogP) is 2.83. The lowest BCUT2D eigenvalue weighted by Crippen LogP contribution is -2.47. The molecule has 1 aliphatic carbocycles. The van der Waals surface area contributed by atoms with Gasteiger partial charge in [-0.05, 0) is 43.4 Å². The van der Waals surface area contributed by atoms with E-state index in [2.05, 4.69) is 11.0 Å². The van der Waals surface area contributed by atoms with Gasteiger partial charge in [-0.15, -0.1) is 0 Å². The fraction of sp³-hybridized carbons (Fsp3) is 0.600. The van der Waals surface area contributed by atoms with E-state index >= 15 is 0 Å². The SMILES string of the molecule is COCCN1C(=O)[C@]2(CC[C@@H]3CN(Cc4cccc(Cl)c4)C[C@@H]32)N=C1C. The summed E-state index contributed by atoms with van der Waals surface area (Å²) in [7, 11) is 1.67. The zero-order chi connectivity index (χ0) is 18.3. The lowest BCUT2D eigenvalue weighted by atomic mass is 9.85. The highest BCUT2D eigenvalue weighted by molar-refractivity contribution is 6.30. The van der Waals surface area contributed by atoms with Crippen LogP contribution in [0, 0.1) is 11.8 Å². The van der Waals surface area contributed by atoms with Crippen molar-refractivity contribution in [2.24, 2.45) is 16.8 Å². The second-order valence-electron chi connectivity index (χ2n) is 7.76. The van der Waals surface area contributed by atoms with Crippen LogP contribution in [0.25, 0.3) is 0 Å². The summed E-state index contributed by atoms with van der Waals surface area (Å²) >= 11 is 6.12. The quantitative estimate of drug-likeness (QED) is 0.795. The number of hydrogen-bond donors (Lipinski definition) is 0. The third kappa shape index (κ3) is 2.96. The van der Waals surface area contributed by atoms with Crippen molar-refractivity contribution >= 4 is 23.3 Å². The molecule has 0 N–H and O–H groups in total. The van der Waals surface area contributed by atoms with Crippen LogP contribution in [0.5, 0.6) is 0 Å². The van der Waals surface area contributed by atoms with Gasteiger partial charge >= 0.3 is 0 Å². The van der Waals surface area contributed by atoms with E-state index in [1.54, 1.807) is 7.11 Å². The van der Waals surface area contributed by atoms with Gasteiger partial charge in [0.1, 0.15) is 11.4 Å². The van der Waals surface area contributed by atoms with Gasteiger partial charge in [-0.2, -0.15) is 0 Å². The molecule has 5 nitrogen and oxygen atoms in total. The summed E-state index contributed by atoms with van der Waals surface area (Å²) in [5.74, 6) is 1.90. The molecule has 2 heterocycles. The first-order valence-corrected chi connectivity index (χ1v) is 9.75. The number of carbonyl (C=O) groups excluding carboxylic acids is 1. The normalized spacial score (nSPS) is 31.1. The Morgan fingerprint density at radius 3 is 3.00 bits per heavy atom. The van der Waals surface area contributed by atoms with Crippen LogP contribution < -0.4 is 0 Å². The molecule has 2 aliphatic heterocycles. The third-order valence-electron chi connectivity index (χ3n) is 6.21.